The molecule has 0 aliphatic heterocycles. The third-order valence-corrected chi connectivity index (χ3v) is 2.67. The van der Waals surface area contributed by atoms with Crippen LogP contribution in [0.4, 0.5) is 0 Å². The van der Waals surface area contributed by atoms with Gasteiger partial charge in [0.05, 0.1) is 5.52 Å². The van der Waals surface area contributed by atoms with Gasteiger partial charge in [0.1, 0.15) is 5.15 Å². The second-order valence-corrected chi connectivity index (χ2v) is 4.05. The van der Waals surface area contributed by atoms with Gasteiger partial charge in [0.15, 0.2) is 0 Å². The summed E-state index contributed by atoms with van der Waals surface area (Å²) in [4.78, 5) is 4.29. The largest absolute Gasteiger partial charge is 1.00 e. The van der Waals surface area contributed by atoms with Gasteiger partial charge in [-0.2, -0.15) is 0 Å². The molecule has 1 aromatic carbocycles. The van der Waals surface area contributed by atoms with Crippen molar-refractivity contribution < 1.29 is 38.3 Å². The minimum absolute atomic E-state index is 0. The average molecular weight is 250 g/mol. The number of rotatable bonds is 1. The van der Waals surface area contributed by atoms with Gasteiger partial charge in [-0.25, -0.2) is 4.98 Å². The van der Waals surface area contributed by atoms with Crippen molar-refractivity contribution in [3.8, 4) is 0 Å². The molecule has 0 bridgehead atoms. The SMILES string of the molecule is O=S([O-])c1ccc2nc(Cl)ccc2c1.[Na+]. The molecule has 0 amide bonds. The summed E-state index contributed by atoms with van der Waals surface area (Å²) in [6, 6.07) is 8.05. The van der Waals surface area contributed by atoms with E-state index in [1.54, 1.807) is 24.3 Å². The van der Waals surface area contributed by atoms with Crippen LogP contribution in [0, 0.1) is 0 Å². The predicted octanol–water partition coefficient (Wildman–Crippen LogP) is -0.870. The van der Waals surface area contributed by atoms with Crippen LogP contribution >= 0.6 is 11.6 Å². The normalized spacial score (nSPS) is 12.1. The Hall–Kier alpha value is 0.0300. The molecule has 0 fully saturated rings. The Balaban J connectivity index is 0.00000112. The molecule has 2 aromatic rings. The number of fused-ring (bicyclic) bond motifs is 1. The first-order valence-corrected chi connectivity index (χ1v) is 5.28. The van der Waals surface area contributed by atoms with Crippen LogP contribution in [0.2, 0.25) is 5.15 Å². The molecule has 1 unspecified atom stereocenters. The van der Waals surface area contributed by atoms with Crippen molar-refractivity contribution in [1.29, 1.82) is 0 Å². The van der Waals surface area contributed by atoms with E-state index in [4.69, 9.17) is 11.6 Å². The fourth-order valence-corrected chi connectivity index (χ4v) is 1.74. The van der Waals surface area contributed by atoms with Crippen molar-refractivity contribution in [3.05, 3.63) is 35.5 Å². The van der Waals surface area contributed by atoms with Gasteiger partial charge >= 0.3 is 29.6 Å². The summed E-state index contributed by atoms with van der Waals surface area (Å²) in [5, 5.41) is 1.16. The Kier molecular flexibility index (Phi) is 4.70. The molecule has 0 N–H and O–H groups in total. The van der Waals surface area contributed by atoms with Crippen LogP contribution in [0.15, 0.2) is 35.2 Å². The molecule has 0 aliphatic carbocycles. The van der Waals surface area contributed by atoms with Gasteiger partial charge in [0.2, 0.25) is 0 Å². The quantitative estimate of drug-likeness (QED) is 0.375. The van der Waals surface area contributed by atoms with Crippen molar-refractivity contribution in [2.75, 3.05) is 0 Å². The molecule has 15 heavy (non-hydrogen) atoms. The van der Waals surface area contributed by atoms with E-state index < -0.39 is 11.1 Å². The third kappa shape index (κ3) is 3.00. The zero-order valence-electron chi connectivity index (χ0n) is 7.94. The van der Waals surface area contributed by atoms with E-state index in [1.165, 1.54) is 6.07 Å². The van der Waals surface area contributed by atoms with Crippen molar-refractivity contribution in [3.63, 3.8) is 0 Å². The molecule has 6 heteroatoms. The molecule has 2 rings (SSSR count). The topological polar surface area (TPSA) is 53.0 Å². The number of aromatic nitrogens is 1. The third-order valence-electron chi connectivity index (χ3n) is 1.82. The molecular weight excluding hydrogens is 245 g/mol. The summed E-state index contributed by atoms with van der Waals surface area (Å²) in [5.41, 5.74) is 0.687. The molecule has 0 saturated carbocycles. The molecule has 0 radical (unpaired) electrons. The number of hydrogen-bond donors (Lipinski definition) is 0. The van der Waals surface area contributed by atoms with Crippen molar-refractivity contribution in [2.45, 2.75) is 4.90 Å². The summed E-state index contributed by atoms with van der Waals surface area (Å²) in [6.07, 6.45) is 0. The molecule has 1 heterocycles. The van der Waals surface area contributed by atoms with E-state index >= 15 is 0 Å². The average Bonchev–Trinajstić information content (AvgIpc) is 2.16. The van der Waals surface area contributed by atoms with Gasteiger partial charge in [0.25, 0.3) is 0 Å². The second-order valence-electron chi connectivity index (χ2n) is 2.72. The van der Waals surface area contributed by atoms with Gasteiger partial charge in [0, 0.05) is 10.3 Å². The monoisotopic (exact) mass is 249 g/mol. The van der Waals surface area contributed by atoms with Crippen LogP contribution in [-0.2, 0) is 11.1 Å². The van der Waals surface area contributed by atoms with Gasteiger partial charge in [-0.15, -0.1) is 0 Å². The first kappa shape index (κ1) is 13.1. The standard InChI is InChI=1S/C9H6ClNO2S.Na/c10-9-4-1-6-5-7(14(12)13)2-3-8(6)11-9;/h1-5H,(H,12,13);/q;+1/p-1. The molecule has 0 aliphatic rings. The van der Waals surface area contributed by atoms with E-state index in [1.807, 2.05) is 0 Å². The van der Waals surface area contributed by atoms with E-state index in [0.29, 0.717) is 10.7 Å². The number of benzene rings is 1. The maximum absolute atomic E-state index is 10.7. The molecule has 72 valence electrons. The Bertz CT molecular complexity index is 520. The Labute approximate surface area is 116 Å². The molecular formula is C9H5ClNNaO2S. The fourth-order valence-electron chi connectivity index (χ4n) is 1.18. The number of nitrogens with zero attached hydrogens (tertiary/aromatic N) is 1. The maximum Gasteiger partial charge on any atom is 1.00 e. The van der Waals surface area contributed by atoms with Crippen molar-refractivity contribution in [1.82, 2.24) is 4.98 Å². The van der Waals surface area contributed by atoms with Gasteiger partial charge in [-0.3, -0.25) is 4.21 Å². The van der Waals surface area contributed by atoms with E-state index in [9.17, 15) is 8.76 Å². The van der Waals surface area contributed by atoms with Crippen LogP contribution < -0.4 is 29.6 Å². The smallest absolute Gasteiger partial charge is 0.768 e. The van der Waals surface area contributed by atoms with Gasteiger partial charge < -0.3 is 4.55 Å². The van der Waals surface area contributed by atoms with Crippen molar-refractivity contribution >= 4 is 33.6 Å². The summed E-state index contributed by atoms with van der Waals surface area (Å²) < 4.78 is 21.3. The van der Waals surface area contributed by atoms with Crippen LogP contribution in [0.5, 0.6) is 0 Å². The summed E-state index contributed by atoms with van der Waals surface area (Å²) in [7, 11) is 0. The van der Waals surface area contributed by atoms with E-state index in [2.05, 4.69) is 4.98 Å². The van der Waals surface area contributed by atoms with Crippen molar-refractivity contribution in [2.24, 2.45) is 0 Å². The first-order valence-electron chi connectivity index (χ1n) is 3.82. The summed E-state index contributed by atoms with van der Waals surface area (Å²) in [5.74, 6) is 0. The minimum atomic E-state index is -2.20. The van der Waals surface area contributed by atoms with E-state index in [0.717, 1.165) is 5.39 Å². The van der Waals surface area contributed by atoms with Gasteiger partial charge in [-0.1, -0.05) is 11.6 Å². The molecule has 1 atom stereocenters. The van der Waals surface area contributed by atoms with Crippen LogP contribution in [0.3, 0.4) is 0 Å². The molecule has 0 spiro atoms. The first-order chi connectivity index (χ1) is 6.66. The Morgan fingerprint density at radius 2 is 2.00 bits per heavy atom. The maximum atomic E-state index is 10.7. The van der Waals surface area contributed by atoms with Crippen LogP contribution in [-0.4, -0.2) is 13.7 Å². The van der Waals surface area contributed by atoms with Crippen LogP contribution in [0.1, 0.15) is 0 Å². The number of pyridine rings is 1. The minimum Gasteiger partial charge on any atom is -0.768 e. The molecule has 0 saturated heterocycles. The molecule has 1 aromatic heterocycles. The van der Waals surface area contributed by atoms with E-state index in [-0.39, 0.29) is 34.5 Å². The molecule has 3 nitrogen and oxygen atoms in total. The fraction of sp³-hybridized carbons (Fsp3) is 0. The summed E-state index contributed by atoms with van der Waals surface area (Å²) in [6.45, 7) is 0. The Morgan fingerprint density at radius 3 is 2.67 bits per heavy atom. The number of halogens is 1. The van der Waals surface area contributed by atoms with Gasteiger partial charge in [-0.05, 0) is 41.4 Å². The number of hydrogen-bond acceptors (Lipinski definition) is 3. The second kappa shape index (κ2) is 5.39. The predicted molar refractivity (Wildman–Crippen MR) is 53.9 cm³/mol. The zero-order valence-corrected chi connectivity index (χ0v) is 11.5. The zero-order chi connectivity index (χ0) is 10.1. The van der Waals surface area contributed by atoms with Crippen LogP contribution in [0.25, 0.3) is 10.9 Å². The summed E-state index contributed by atoms with van der Waals surface area (Å²) >= 11 is 3.49. The Morgan fingerprint density at radius 1 is 1.27 bits per heavy atom.